The Morgan fingerprint density at radius 1 is 0.972 bits per heavy atom. The van der Waals surface area contributed by atoms with Gasteiger partial charge in [0.15, 0.2) is 0 Å². The molecule has 0 aliphatic heterocycles. The van der Waals surface area contributed by atoms with E-state index in [0.29, 0.717) is 23.1 Å². The molecule has 0 unspecified atom stereocenters. The van der Waals surface area contributed by atoms with Gasteiger partial charge < -0.3 is 10.2 Å². The number of carbonyl (C=O) groups excluding carboxylic acids is 2. The van der Waals surface area contributed by atoms with Crippen LogP contribution in [0.1, 0.15) is 32.8 Å². The van der Waals surface area contributed by atoms with E-state index in [1.807, 2.05) is 32.0 Å². The molecular formula is C27H32FN3O4S. The quantitative estimate of drug-likeness (QED) is 0.443. The summed E-state index contributed by atoms with van der Waals surface area (Å²) < 4.78 is 40.2. The molecule has 0 heterocycles. The van der Waals surface area contributed by atoms with Crippen LogP contribution in [0, 0.1) is 5.82 Å². The van der Waals surface area contributed by atoms with E-state index in [1.54, 1.807) is 31.2 Å². The van der Waals surface area contributed by atoms with Crippen molar-refractivity contribution >= 4 is 38.3 Å². The van der Waals surface area contributed by atoms with E-state index in [9.17, 15) is 22.4 Å². The zero-order chi connectivity index (χ0) is 26.5. The maximum absolute atomic E-state index is 13.6. The fraction of sp³-hybridized carbons (Fsp3) is 0.333. The predicted octanol–water partition coefficient (Wildman–Crippen LogP) is 4.08. The summed E-state index contributed by atoms with van der Waals surface area (Å²) in [6.07, 6.45) is 1.76. The third-order valence-electron chi connectivity index (χ3n) is 6.15. The molecule has 192 valence electrons. The van der Waals surface area contributed by atoms with Crippen molar-refractivity contribution in [3.05, 3.63) is 78.1 Å². The van der Waals surface area contributed by atoms with Gasteiger partial charge in [-0.3, -0.25) is 13.9 Å². The Balaban J connectivity index is 1.98. The number of sulfonamides is 1. The Labute approximate surface area is 212 Å². The van der Waals surface area contributed by atoms with Crippen molar-refractivity contribution in [2.45, 2.75) is 45.8 Å². The summed E-state index contributed by atoms with van der Waals surface area (Å²) >= 11 is 0. The monoisotopic (exact) mass is 513 g/mol. The van der Waals surface area contributed by atoms with Crippen LogP contribution >= 0.6 is 0 Å². The number of amides is 2. The Kier molecular flexibility index (Phi) is 8.68. The minimum atomic E-state index is -3.85. The molecule has 0 aliphatic carbocycles. The van der Waals surface area contributed by atoms with Crippen LogP contribution < -0.4 is 9.62 Å². The lowest BCUT2D eigenvalue weighted by atomic mass is 10.1. The molecule has 0 aliphatic rings. The second-order valence-corrected chi connectivity index (χ2v) is 10.8. The molecule has 0 bridgehead atoms. The van der Waals surface area contributed by atoms with Crippen LogP contribution in [0.5, 0.6) is 0 Å². The largest absolute Gasteiger partial charge is 0.352 e. The van der Waals surface area contributed by atoms with Gasteiger partial charge in [-0.15, -0.1) is 0 Å². The number of rotatable bonds is 10. The van der Waals surface area contributed by atoms with Crippen LogP contribution in [0.4, 0.5) is 10.1 Å². The fourth-order valence-electron chi connectivity index (χ4n) is 3.86. The van der Waals surface area contributed by atoms with Crippen molar-refractivity contribution in [3.8, 4) is 0 Å². The van der Waals surface area contributed by atoms with Gasteiger partial charge in [0.1, 0.15) is 18.4 Å². The topological polar surface area (TPSA) is 86.8 Å². The lowest BCUT2D eigenvalue weighted by molar-refractivity contribution is -0.139. The summed E-state index contributed by atoms with van der Waals surface area (Å²) in [4.78, 5) is 27.9. The number of hydrogen-bond donors (Lipinski definition) is 1. The minimum Gasteiger partial charge on any atom is -0.352 e. The molecule has 0 spiro atoms. The van der Waals surface area contributed by atoms with Gasteiger partial charge in [-0.05, 0) is 49.4 Å². The molecule has 9 heteroatoms. The van der Waals surface area contributed by atoms with E-state index in [4.69, 9.17) is 0 Å². The molecule has 7 nitrogen and oxygen atoms in total. The smallest absolute Gasteiger partial charge is 0.244 e. The van der Waals surface area contributed by atoms with Gasteiger partial charge >= 0.3 is 0 Å². The molecule has 36 heavy (non-hydrogen) atoms. The number of carbonyl (C=O) groups is 2. The van der Waals surface area contributed by atoms with Crippen molar-refractivity contribution in [2.24, 2.45) is 0 Å². The number of hydrogen-bond acceptors (Lipinski definition) is 4. The van der Waals surface area contributed by atoms with Crippen molar-refractivity contribution < 1.29 is 22.4 Å². The summed E-state index contributed by atoms with van der Waals surface area (Å²) in [5, 5.41) is 4.39. The molecule has 0 saturated carbocycles. The van der Waals surface area contributed by atoms with Gasteiger partial charge in [-0.25, -0.2) is 12.8 Å². The normalized spacial score (nSPS) is 13.1. The Morgan fingerprint density at radius 2 is 1.61 bits per heavy atom. The van der Waals surface area contributed by atoms with E-state index in [2.05, 4.69) is 5.32 Å². The summed E-state index contributed by atoms with van der Waals surface area (Å²) in [7, 11) is -3.85. The Hall–Kier alpha value is -3.46. The second-order valence-electron chi connectivity index (χ2n) is 8.91. The standard InChI is InChI=1S/C27H32FN3O4S/c1-5-19(2)29-27(33)20(3)30(17-21-13-15-23(28)16-14-21)26(32)18-31(36(4,34)35)25-12-8-10-22-9-6-7-11-24(22)25/h6-16,19-20H,5,17-18H2,1-4H3,(H,29,33)/t19-,20-/m0/s1. The van der Waals surface area contributed by atoms with E-state index in [1.165, 1.54) is 29.2 Å². The predicted molar refractivity (Wildman–Crippen MR) is 140 cm³/mol. The number of fused-ring (bicyclic) bond motifs is 1. The number of benzene rings is 3. The van der Waals surface area contributed by atoms with Gasteiger partial charge in [-0.1, -0.05) is 55.5 Å². The number of halogens is 1. The number of anilines is 1. The zero-order valence-electron chi connectivity index (χ0n) is 20.9. The molecule has 2 amide bonds. The van der Waals surface area contributed by atoms with Crippen LogP contribution in [-0.2, 0) is 26.2 Å². The summed E-state index contributed by atoms with van der Waals surface area (Å²) in [6.45, 7) is 4.92. The lowest BCUT2D eigenvalue weighted by Crippen LogP contribution is -2.52. The Morgan fingerprint density at radius 3 is 2.25 bits per heavy atom. The first-order valence-corrected chi connectivity index (χ1v) is 13.7. The molecule has 1 N–H and O–H groups in total. The lowest BCUT2D eigenvalue weighted by Gasteiger charge is -2.32. The number of nitrogens with one attached hydrogen (secondary N) is 1. The minimum absolute atomic E-state index is 0.0152. The molecule has 0 radical (unpaired) electrons. The maximum Gasteiger partial charge on any atom is 0.244 e. The van der Waals surface area contributed by atoms with E-state index in [-0.39, 0.29) is 18.5 Å². The van der Waals surface area contributed by atoms with Crippen LogP contribution in [0.15, 0.2) is 66.7 Å². The Bertz CT molecular complexity index is 1320. The van der Waals surface area contributed by atoms with Crippen LogP contribution in [0.3, 0.4) is 0 Å². The van der Waals surface area contributed by atoms with E-state index in [0.717, 1.165) is 15.9 Å². The van der Waals surface area contributed by atoms with Crippen LogP contribution in [-0.4, -0.2) is 50.0 Å². The molecule has 0 aromatic heterocycles. The van der Waals surface area contributed by atoms with Crippen molar-refractivity contribution in [1.82, 2.24) is 10.2 Å². The van der Waals surface area contributed by atoms with E-state index < -0.39 is 34.3 Å². The van der Waals surface area contributed by atoms with Gasteiger partial charge in [0.05, 0.1) is 11.9 Å². The third-order valence-corrected chi connectivity index (χ3v) is 7.28. The van der Waals surface area contributed by atoms with Crippen molar-refractivity contribution in [1.29, 1.82) is 0 Å². The first-order valence-electron chi connectivity index (χ1n) is 11.8. The summed E-state index contributed by atoms with van der Waals surface area (Å²) in [5.41, 5.74) is 0.992. The SMILES string of the molecule is CC[C@H](C)NC(=O)[C@H](C)N(Cc1ccc(F)cc1)C(=O)CN(c1cccc2ccccc12)S(C)(=O)=O. The molecule has 3 aromatic carbocycles. The highest BCUT2D eigenvalue weighted by Crippen LogP contribution is 2.28. The molecular weight excluding hydrogens is 481 g/mol. The zero-order valence-corrected chi connectivity index (χ0v) is 21.8. The second kappa shape index (κ2) is 11.5. The van der Waals surface area contributed by atoms with Gasteiger partial charge in [0.25, 0.3) is 0 Å². The summed E-state index contributed by atoms with van der Waals surface area (Å²) in [5.74, 6) is -1.32. The molecule has 3 aromatic rings. The van der Waals surface area contributed by atoms with E-state index >= 15 is 0 Å². The molecule has 0 fully saturated rings. The average Bonchev–Trinajstić information content (AvgIpc) is 2.85. The first-order chi connectivity index (χ1) is 17.0. The van der Waals surface area contributed by atoms with Crippen molar-refractivity contribution in [2.75, 3.05) is 17.1 Å². The molecule has 2 atom stereocenters. The highest BCUT2D eigenvalue weighted by atomic mass is 32.2. The fourth-order valence-corrected chi connectivity index (χ4v) is 4.72. The average molecular weight is 514 g/mol. The van der Waals surface area contributed by atoms with Gasteiger partial charge in [0.2, 0.25) is 21.8 Å². The molecule has 0 saturated heterocycles. The molecule has 3 rings (SSSR count). The maximum atomic E-state index is 13.6. The highest BCUT2D eigenvalue weighted by molar-refractivity contribution is 7.92. The highest BCUT2D eigenvalue weighted by Gasteiger charge is 2.31. The van der Waals surface area contributed by atoms with Crippen LogP contribution in [0.2, 0.25) is 0 Å². The van der Waals surface area contributed by atoms with Gasteiger partial charge in [0, 0.05) is 18.0 Å². The van der Waals surface area contributed by atoms with Crippen molar-refractivity contribution in [3.63, 3.8) is 0 Å². The first kappa shape index (κ1) is 27.1. The van der Waals surface area contributed by atoms with Crippen LogP contribution in [0.25, 0.3) is 10.8 Å². The third kappa shape index (κ3) is 6.60. The summed E-state index contributed by atoms with van der Waals surface area (Å²) in [6, 6.07) is 17.2. The number of nitrogens with zero attached hydrogens (tertiary/aromatic N) is 2. The van der Waals surface area contributed by atoms with Gasteiger partial charge in [-0.2, -0.15) is 0 Å².